The molecule has 3 aromatic rings. The van der Waals surface area contributed by atoms with Crippen molar-refractivity contribution in [3.63, 3.8) is 0 Å². The fourth-order valence-electron chi connectivity index (χ4n) is 2.20. The van der Waals surface area contributed by atoms with Crippen molar-refractivity contribution in [2.75, 3.05) is 0 Å². The molecule has 85 valence electrons. The van der Waals surface area contributed by atoms with E-state index in [4.69, 9.17) is 8.94 Å². The minimum absolute atomic E-state index is 0.824. The summed E-state index contributed by atoms with van der Waals surface area (Å²) in [4.78, 5) is 0. The Morgan fingerprint density at radius 1 is 1.24 bits per heavy atom. The van der Waals surface area contributed by atoms with Gasteiger partial charge < -0.3 is 8.94 Å². The van der Waals surface area contributed by atoms with E-state index in [9.17, 15) is 0 Å². The van der Waals surface area contributed by atoms with Gasteiger partial charge in [0.1, 0.15) is 11.3 Å². The van der Waals surface area contributed by atoms with Crippen molar-refractivity contribution >= 4 is 11.0 Å². The van der Waals surface area contributed by atoms with E-state index >= 15 is 0 Å². The molecule has 0 fully saturated rings. The van der Waals surface area contributed by atoms with Crippen molar-refractivity contribution in [3.8, 4) is 11.1 Å². The third kappa shape index (κ3) is 1.46. The lowest BCUT2D eigenvalue weighted by atomic mass is 10.0. The van der Waals surface area contributed by atoms with Crippen LogP contribution >= 0.6 is 0 Å². The Hall–Kier alpha value is -2.03. The maximum absolute atomic E-state index is 5.38. The van der Waals surface area contributed by atoms with Gasteiger partial charge >= 0.3 is 0 Å². The summed E-state index contributed by atoms with van der Waals surface area (Å²) < 4.78 is 10.6. The molecule has 0 aliphatic carbocycles. The second-order valence-electron chi connectivity index (χ2n) is 4.17. The Kier molecular flexibility index (Phi) is 2.08. The Morgan fingerprint density at radius 2 is 2.06 bits per heavy atom. The van der Waals surface area contributed by atoms with Crippen LogP contribution in [0.4, 0.5) is 0 Å². The molecule has 0 N–H and O–H groups in total. The van der Waals surface area contributed by atoms with Crippen LogP contribution in [0, 0.1) is 20.8 Å². The molecule has 1 aromatic carbocycles. The number of aryl methyl sites for hydroxylation is 2. The van der Waals surface area contributed by atoms with Crippen molar-refractivity contribution < 1.29 is 8.94 Å². The van der Waals surface area contributed by atoms with Gasteiger partial charge in [-0.15, -0.1) is 0 Å². The lowest BCUT2D eigenvalue weighted by Gasteiger charge is -2.03. The van der Waals surface area contributed by atoms with E-state index in [0.29, 0.717) is 0 Å². The average Bonchev–Trinajstić information content (AvgIpc) is 2.86. The van der Waals surface area contributed by atoms with Crippen molar-refractivity contribution in [1.82, 2.24) is 5.16 Å². The summed E-state index contributed by atoms with van der Waals surface area (Å²) >= 11 is 0. The van der Waals surface area contributed by atoms with Gasteiger partial charge in [0.15, 0.2) is 0 Å². The zero-order valence-electron chi connectivity index (χ0n) is 9.78. The van der Waals surface area contributed by atoms with Gasteiger partial charge in [0, 0.05) is 10.9 Å². The average molecular weight is 226 g/mol. The normalized spacial score (nSPS) is 11.2. The first kappa shape index (κ1) is 10.1. The Labute approximate surface area is 99.0 Å². The lowest BCUT2D eigenvalue weighted by molar-refractivity contribution is 0.393. The Morgan fingerprint density at radius 3 is 2.76 bits per heavy atom. The second kappa shape index (κ2) is 3.48. The third-order valence-electron chi connectivity index (χ3n) is 2.95. The number of rotatable bonds is 1. The van der Waals surface area contributed by atoms with Gasteiger partial charge in [-0.1, -0.05) is 5.16 Å². The van der Waals surface area contributed by atoms with Crippen LogP contribution in [-0.2, 0) is 0 Å². The largest absolute Gasteiger partial charge is 0.464 e. The first-order chi connectivity index (χ1) is 8.16. The summed E-state index contributed by atoms with van der Waals surface area (Å²) in [6.45, 7) is 7.86. The molecule has 2 heterocycles. The first-order valence-electron chi connectivity index (χ1n) is 5.43. The quantitative estimate of drug-likeness (QED) is 0.632. The number of aromatic nitrogens is 1. The zero-order valence-corrected chi connectivity index (χ0v) is 9.78. The van der Waals surface area contributed by atoms with Gasteiger partial charge in [0.25, 0.3) is 0 Å². The van der Waals surface area contributed by atoms with Gasteiger partial charge in [-0.3, -0.25) is 0 Å². The standard InChI is InChI=1S/C14H12NO2/c1-8-6-12(7-11-4-5-16-14(8)11)13-9(2)15-17-10(13)3/h4-7H,1H2,2-3H3. The van der Waals surface area contributed by atoms with Gasteiger partial charge in [0.2, 0.25) is 0 Å². The number of hydrogen-bond acceptors (Lipinski definition) is 3. The molecule has 2 aromatic heterocycles. The first-order valence-corrected chi connectivity index (χ1v) is 5.43. The Bertz CT molecular complexity index is 672. The van der Waals surface area contributed by atoms with Crippen LogP contribution in [-0.4, -0.2) is 5.16 Å². The molecule has 0 spiro atoms. The molecule has 0 saturated carbocycles. The highest BCUT2D eigenvalue weighted by atomic mass is 16.5. The van der Waals surface area contributed by atoms with Gasteiger partial charge in [-0.25, -0.2) is 0 Å². The van der Waals surface area contributed by atoms with Crippen LogP contribution < -0.4 is 0 Å². The van der Waals surface area contributed by atoms with E-state index in [1.165, 1.54) is 0 Å². The van der Waals surface area contributed by atoms with E-state index in [2.05, 4.69) is 18.1 Å². The molecule has 0 aliphatic rings. The van der Waals surface area contributed by atoms with Crippen molar-refractivity contribution in [2.24, 2.45) is 0 Å². The molecular weight excluding hydrogens is 214 g/mol. The molecule has 3 rings (SSSR count). The summed E-state index contributed by atoms with van der Waals surface area (Å²) in [5, 5.41) is 5.02. The van der Waals surface area contributed by atoms with Crippen molar-refractivity contribution in [2.45, 2.75) is 13.8 Å². The third-order valence-corrected chi connectivity index (χ3v) is 2.95. The van der Waals surface area contributed by atoms with Crippen LogP contribution in [0.5, 0.6) is 0 Å². The summed E-state index contributed by atoms with van der Waals surface area (Å²) in [6.07, 6.45) is 1.68. The number of hydrogen-bond donors (Lipinski definition) is 0. The summed E-state index contributed by atoms with van der Waals surface area (Å²) in [5.74, 6) is 0.824. The zero-order chi connectivity index (χ0) is 12.0. The summed E-state index contributed by atoms with van der Waals surface area (Å²) in [6, 6.07) is 6.00. The smallest absolute Gasteiger partial charge is 0.141 e. The van der Waals surface area contributed by atoms with E-state index in [-0.39, 0.29) is 0 Å². The van der Waals surface area contributed by atoms with Crippen molar-refractivity contribution in [1.29, 1.82) is 0 Å². The SMILES string of the molecule is [CH2]c1cc(-c2c(C)noc2C)cc2ccoc12. The summed E-state index contributed by atoms with van der Waals surface area (Å²) in [7, 11) is 0. The molecule has 3 heteroatoms. The van der Waals surface area contributed by atoms with E-state index < -0.39 is 0 Å². The van der Waals surface area contributed by atoms with Gasteiger partial charge in [-0.2, -0.15) is 0 Å². The molecule has 17 heavy (non-hydrogen) atoms. The number of fused-ring (bicyclic) bond motifs is 1. The lowest BCUT2D eigenvalue weighted by Crippen LogP contribution is -1.84. The summed E-state index contributed by atoms with van der Waals surface area (Å²) in [5.41, 5.74) is 4.71. The maximum atomic E-state index is 5.38. The fraction of sp³-hybridized carbons (Fsp3) is 0.143. The monoisotopic (exact) mass is 226 g/mol. The topological polar surface area (TPSA) is 39.2 Å². The minimum atomic E-state index is 0.824. The van der Waals surface area contributed by atoms with Crippen LogP contribution in [0.15, 0.2) is 33.4 Å². The van der Waals surface area contributed by atoms with Gasteiger partial charge in [-0.05, 0) is 50.1 Å². The predicted octanol–water partition coefficient (Wildman–Crippen LogP) is 3.89. The number of benzene rings is 1. The molecule has 0 unspecified atom stereocenters. The molecule has 0 amide bonds. The molecule has 0 bridgehead atoms. The highest BCUT2D eigenvalue weighted by molar-refractivity contribution is 5.87. The Balaban J connectivity index is 2.31. The van der Waals surface area contributed by atoms with Crippen molar-refractivity contribution in [3.05, 3.63) is 48.4 Å². The fourth-order valence-corrected chi connectivity index (χ4v) is 2.20. The van der Waals surface area contributed by atoms with Gasteiger partial charge in [0.05, 0.1) is 12.0 Å². The van der Waals surface area contributed by atoms with E-state index in [1.807, 2.05) is 26.0 Å². The molecule has 3 nitrogen and oxygen atoms in total. The van der Waals surface area contributed by atoms with Crippen LogP contribution in [0.2, 0.25) is 0 Å². The molecule has 0 atom stereocenters. The maximum Gasteiger partial charge on any atom is 0.141 e. The van der Waals surface area contributed by atoms with Crippen LogP contribution in [0.3, 0.4) is 0 Å². The van der Waals surface area contributed by atoms with E-state index in [1.54, 1.807) is 6.26 Å². The predicted molar refractivity (Wildman–Crippen MR) is 65.6 cm³/mol. The molecule has 0 saturated heterocycles. The second-order valence-corrected chi connectivity index (χ2v) is 4.17. The van der Waals surface area contributed by atoms with E-state index in [0.717, 1.165) is 39.1 Å². The molecule has 1 radical (unpaired) electrons. The number of furan rings is 1. The minimum Gasteiger partial charge on any atom is -0.464 e. The van der Waals surface area contributed by atoms with Crippen LogP contribution in [0.1, 0.15) is 17.0 Å². The highest BCUT2D eigenvalue weighted by Crippen LogP contribution is 2.31. The number of nitrogens with zero attached hydrogens (tertiary/aromatic N) is 1. The highest BCUT2D eigenvalue weighted by Gasteiger charge is 2.13. The molecular formula is C14H12NO2. The molecule has 0 aliphatic heterocycles. The van der Waals surface area contributed by atoms with Crippen LogP contribution in [0.25, 0.3) is 22.1 Å².